The molecule has 0 radical (unpaired) electrons. The summed E-state index contributed by atoms with van der Waals surface area (Å²) < 4.78 is 29.3. The van der Waals surface area contributed by atoms with Gasteiger partial charge in [-0.2, -0.15) is 0 Å². The Labute approximate surface area is 206 Å². The number of aromatic amines is 1. The highest BCUT2D eigenvalue weighted by Crippen LogP contribution is 2.35. The van der Waals surface area contributed by atoms with E-state index < -0.39 is 21.5 Å². The molecule has 3 aromatic rings. The van der Waals surface area contributed by atoms with Crippen molar-refractivity contribution in [1.29, 1.82) is 0 Å². The van der Waals surface area contributed by atoms with Gasteiger partial charge in [-0.15, -0.1) is 0 Å². The quantitative estimate of drug-likeness (QED) is 0.432. The minimum Gasteiger partial charge on any atom is -0.387 e. The van der Waals surface area contributed by atoms with Gasteiger partial charge in [-0.25, -0.2) is 8.42 Å². The molecular formula is C26H33N3O5S. The number of H-pyrrole nitrogens is 1. The summed E-state index contributed by atoms with van der Waals surface area (Å²) in [7, 11) is -3.32. The molecule has 4 rings (SSSR count). The molecule has 0 aromatic carbocycles. The predicted octanol–water partition coefficient (Wildman–Crippen LogP) is 3.63. The van der Waals surface area contributed by atoms with Gasteiger partial charge < -0.3 is 19.9 Å². The van der Waals surface area contributed by atoms with E-state index in [1.54, 1.807) is 38.2 Å². The molecule has 0 aliphatic carbocycles. The van der Waals surface area contributed by atoms with E-state index in [1.807, 2.05) is 18.2 Å². The fourth-order valence-electron chi connectivity index (χ4n) is 4.44. The van der Waals surface area contributed by atoms with Crippen LogP contribution in [0.2, 0.25) is 0 Å². The third-order valence-corrected chi connectivity index (χ3v) is 7.68. The Morgan fingerprint density at radius 2 is 1.83 bits per heavy atom. The molecule has 1 saturated heterocycles. The van der Waals surface area contributed by atoms with Crippen molar-refractivity contribution in [3.8, 4) is 11.4 Å². The van der Waals surface area contributed by atoms with Crippen LogP contribution in [-0.4, -0.2) is 58.7 Å². The lowest BCUT2D eigenvalue weighted by Crippen LogP contribution is -2.28. The van der Waals surface area contributed by atoms with Crippen molar-refractivity contribution in [3.05, 3.63) is 65.7 Å². The number of aliphatic hydroxyl groups is 2. The van der Waals surface area contributed by atoms with Crippen molar-refractivity contribution in [2.75, 3.05) is 19.5 Å². The second kappa shape index (κ2) is 10.2. The second-order valence-electron chi connectivity index (χ2n) is 9.90. The van der Waals surface area contributed by atoms with Crippen molar-refractivity contribution >= 4 is 9.84 Å². The number of aliphatic hydroxyl groups excluding tert-OH is 1. The van der Waals surface area contributed by atoms with Crippen LogP contribution in [0, 0.1) is 5.92 Å². The largest absolute Gasteiger partial charge is 0.387 e. The Bertz CT molecular complexity index is 1230. The summed E-state index contributed by atoms with van der Waals surface area (Å²) in [6.45, 7) is 4.61. The van der Waals surface area contributed by atoms with Crippen molar-refractivity contribution in [3.63, 3.8) is 0 Å². The minimum absolute atomic E-state index is 0.0308. The normalized spacial score (nSPS) is 17.3. The summed E-state index contributed by atoms with van der Waals surface area (Å²) in [6, 6.07) is 11.0. The zero-order valence-electron chi connectivity index (χ0n) is 20.3. The standard InChI is InChI=1S/C26H33N3O5S/c1-26(2,31)25(30)18-4-6-23(27-15-18)24-9-8-22(29-24)20(14-17-10-12-34-13-11-17)21-7-5-19(16-28-21)35(3,32)33/h4-9,15-17,20,25,29-31H,10-14H2,1-3H3. The molecule has 3 N–H and O–H groups in total. The first-order valence-electron chi connectivity index (χ1n) is 11.8. The number of pyridine rings is 2. The number of rotatable bonds is 8. The molecule has 0 saturated carbocycles. The number of nitrogens with zero attached hydrogens (tertiary/aromatic N) is 2. The Hall–Kier alpha value is -2.59. The molecule has 0 bridgehead atoms. The number of nitrogens with one attached hydrogen (secondary N) is 1. The maximum atomic E-state index is 11.9. The summed E-state index contributed by atoms with van der Waals surface area (Å²) in [5.74, 6) is 0.453. The van der Waals surface area contributed by atoms with Crippen LogP contribution >= 0.6 is 0 Å². The average Bonchev–Trinajstić information content (AvgIpc) is 3.32. The number of ether oxygens (including phenoxy) is 1. The van der Waals surface area contributed by atoms with Crippen molar-refractivity contribution in [2.45, 2.75) is 55.6 Å². The Morgan fingerprint density at radius 3 is 2.40 bits per heavy atom. The lowest BCUT2D eigenvalue weighted by Gasteiger charge is -2.26. The Kier molecular flexibility index (Phi) is 7.42. The van der Waals surface area contributed by atoms with Gasteiger partial charge in [0.05, 0.1) is 21.9 Å². The average molecular weight is 500 g/mol. The van der Waals surface area contributed by atoms with Gasteiger partial charge in [0.2, 0.25) is 0 Å². The molecular weight excluding hydrogens is 466 g/mol. The fourth-order valence-corrected chi connectivity index (χ4v) is 5.00. The van der Waals surface area contributed by atoms with E-state index >= 15 is 0 Å². The first-order chi connectivity index (χ1) is 16.5. The highest BCUT2D eigenvalue weighted by molar-refractivity contribution is 7.90. The van der Waals surface area contributed by atoms with E-state index in [0.717, 1.165) is 49.6 Å². The molecule has 9 heteroatoms. The zero-order chi connectivity index (χ0) is 25.2. The maximum absolute atomic E-state index is 11.9. The van der Waals surface area contributed by atoms with Gasteiger partial charge in [0.15, 0.2) is 9.84 Å². The van der Waals surface area contributed by atoms with Gasteiger partial charge in [-0.1, -0.05) is 6.07 Å². The zero-order valence-corrected chi connectivity index (χ0v) is 21.1. The predicted molar refractivity (Wildman–Crippen MR) is 133 cm³/mol. The van der Waals surface area contributed by atoms with E-state index in [0.29, 0.717) is 17.2 Å². The molecule has 0 spiro atoms. The van der Waals surface area contributed by atoms with Crippen LogP contribution < -0.4 is 0 Å². The highest BCUT2D eigenvalue weighted by Gasteiger charge is 2.27. The van der Waals surface area contributed by atoms with Crippen LogP contribution in [0.4, 0.5) is 0 Å². The Balaban J connectivity index is 1.61. The molecule has 2 unspecified atom stereocenters. The van der Waals surface area contributed by atoms with Gasteiger partial charge in [0, 0.05) is 54.7 Å². The first-order valence-corrected chi connectivity index (χ1v) is 13.7. The van der Waals surface area contributed by atoms with Crippen molar-refractivity contribution in [1.82, 2.24) is 15.0 Å². The number of hydrogen-bond acceptors (Lipinski definition) is 7. The molecule has 2 atom stereocenters. The monoisotopic (exact) mass is 499 g/mol. The van der Waals surface area contributed by atoms with Crippen LogP contribution in [0.15, 0.2) is 53.7 Å². The topological polar surface area (TPSA) is 125 Å². The van der Waals surface area contributed by atoms with E-state index in [9.17, 15) is 18.6 Å². The smallest absolute Gasteiger partial charge is 0.177 e. The second-order valence-corrected chi connectivity index (χ2v) is 11.9. The van der Waals surface area contributed by atoms with Gasteiger partial charge in [0.1, 0.15) is 6.10 Å². The van der Waals surface area contributed by atoms with Gasteiger partial charge in [-0.3, -0.25) is 9.97 Å². The molecule has 1 aliphatic heterocycles. The summed E-state index contributed by atoms with van der Waals surface area (Å²) in [5.41, 5.74) is 2.62. The fraction of sp³-hybridized carbons (Fsp3) is 0.462. The van der Waals surface area contributed by atoms with Crippen LogP contribution in [0.1, 0.15) is 62.1 Å². The van der Waals surface area contributed by atoms with Gasteiger partial charge in [0.25, 0.3) is 0 Å². The number of sulfone groups is 1. The van der Waals surface area contributed by atoms with E-state index in [2.05, 4.69) is 15.0 Å². The molecule has 35 heavy (non-hydrogen) atoms. The van der Waals surface area contributed by atoms with Crippen LogP contribution in [0.3, 0.4) is 0 Å². The molecule has 0 amide bonds. The summed E-state index contributed by atoms with van der Waals surface area (Å²) in [4.78, 5) is 12.7. The summed E-state index contributed by atoms with van der Waals surface area (Å²) >= 11 is 0. The molecule has 188 valence electrons. The van der Waals surface area contributed by atoms with Crippen LogP contribution in [-0.2, 0) is 14.6 Å². The lowest BCUT2D eigenvalue weighted by atomic mass is 9.85. The molecule has 4 heterocycles. The summed E-state index contributed by atoms with van der Waals surface area (Å²) in [5, 5.41) is 20.4. The highest BCUT2D eigenvalue weighted by atomic mass is 32.2. The molecule has 1 aliphatic rings. The Morgan fingerprint density at radius 1 is 1.09 bits per heavy atom. The third-order valence-electron chi connectivity index (χ3n) is 6.59. The van der Waals surface area contributed by atoms with E-state index in [1.165, 1.54) is 12.5 Å². The van der Waals surface area contributed by atoms with Gasteiger partial charge in [-0.05, 0) is 69.4 Å². The number of aromatic nitrogens is 3. The number of hydrogen-bond donors (Lipinski definition) is 3. The van der Waals surface area contributed by atoms with Crippen molar-refractivity contribution < 1.29 is 23.4 Å². The maximum Gasteiger partial charge on any atom is 0.177 e. The van der Waals surface area contributed by atoms with Crippen LogP contribution in [0.25, 0.3) is 11.4 Å². The van der Waals surface area contributed by atoms with E-state index in [4.69, 9.17) is 4.74 Å². The minimum atomic E-state index is -3.32. The molecule has 3 aromatic heterocycles. The molecule has 1 fully saturated rings. The van der Waals surface area contributed by atoms with Crippen molar-refractivity contribution in [2.24, 2.45) is 5.92 Å². The summed E-state index contributed by atoms with van der Waals surface area (Å²) in [6.07, 6.45) is 5.99. The lowest BCUT2D eigenvalue weighted by molar-refractivity contribution is -0.0498. The van der Waals surface area contributed by atoms with Gasteiger partial charge >= 0.3 is 0 Å². The van der Waals surface area contributed by atoms with Crippen LogP contribution in [0.5, 0.6) is 0 Å². The SMILES string of the molecule is CC(C)(O)C(O)c1ccc(-c2ccc(C(CC3CCOCC3)c3ccc(S(C)(=O)=O)cn3)[nH]2)nc1. The first kappa shape index (κ1) is 25.5. The molecule has 8 nitrogen and oxygen atoms in total. The third kappa shape index (κ3) is 6.16. The van der Waals surface area contributed by atoms with E-state index in [-0.39, 0.29) is 10.8 Å².